The summed E-state index contributed by atoms with van der Waals surface area (Å²) in [6.07, 6.45) is 0. The van der Waals surface area contributed by atoms with Gasteiger partial charge in [0.15, 0.2) is 0 Å². The molecule has 6 heteroatoms. The summed E-state index contributed by atoms with van der Waals surface area (Å²) in [5.74, 6) is -0.00935. The number of nitrogens with one attached hydrogen (secondary N) is 1. The highest BCUT2D eigenvalue weighted by atomic mass is 16.6. The zero-order valence-corrected chi connectivity index (χ0v) is 12.4. The molecule has 1 amide bonds. The van der Waals surface area contributed by atoms with Crippen LogP contribution in [-0.2, 0) is 0 Å². The normalized spacial score (nSPS) is 10.5. The first-order valence-electron chi connectivity index (χ1n) is 6.83. The topological polar surface area (TPSA) is 98.3 Å². The molecule has 0 heterocycles. The minimum Gasteiger partial charge on any atom is -0.393 e. The van der Waals surface area contributed by atoms with E-state index in [0.29, 0.717) is 11.6 Å². The average Bonchev–Trinajstić information content (AvgIpc) is 2.47. The molecule has 0 unspecified atom stereocenters. The molecule has 0 bridgehead atoms. The Kier molecular flexibility index (Phi) is 4.41. The number of nitro groups is 1. The van der Waals surface area contributed by atoms with Crippen molar-refractivity contribution in [3.8, 4) is 0 Å². The van der Waals surface area contributed by atoms with Gasteiger partial charge in [0.1, 0.15) is 5.69 Å². The summed E-state index contributed by atoms with van der Waals surface area (Å²) < 4.78 is 0. The maximum Gasteiger partial charge on any atom is 0.292 e. The largest absolute Gasteiger partial charge is 0.393 e. The molecule has 0 spiro atoms. The maximum absolute atomic E-state index is 12.1. The second-order valence-corrected chi connectivity index (χ2v) is 5.26. The number of nitrogens with zero attached hydrogens (tertiary/aromatic N) is 1. The van der Waals surface area contributed by atoms with Crippen LogP contribution in [0.3, 0.4) is 0 Å². The van der Waals surface area contributed by atoms with Gasteiger partial charge >= 0.3 is 0 Å². The molecule has 6 nitrogen and oxygen atoms in total. The number of hydrogen-bond donors (Lipinski definition) is 2. The minimum absolute atomic E-state index is 0.0304. The summed E-state index contributed by atoms with van der Waals surface area (Å²) >= 11 is 0. The smallest absolute Gasteiger partial charge is 0.292 e. The van der Waals surface area contributed by atoms with E-state index < -0.39 is 10.8 Å². The molecule has 0 atom stereocenters. The molecule has 0 radical (unpaired) electrons. The molecule has 0 saturated carbocycles. The lowest BCUT2D eigenvalue weighted by atomic mass is 10.0. The Morgan fingerprint density at radius 1 is 1.18 bits per heavy atom. The Hall–Kier alpha value is -2.89. The summed E-state index contributed by atoms with van der Waals surface area (Å²) in [4.78, 5) is 22.4. The zero-order chi connectivity index (χ0) is 16.3. The zero-order valence-electron chi connectivity index (χ0n) is 12.4. The van der Waals surface area contributed by atoms with Gasteiger partial charge in [0.2, 0.25) is 0 Å². The number of amides is 1. The summed E-state index contributed by atoms with van der Waals surface area (Å²) in [5.41, 5.74) is 7.26. The van der Waals surface area contributed by atoms with Gasteiger partial charge in [-0.3, -0.25) is 14.9 Å². The number of nitro benzene ring substituents is 1. The van der Waals surface area contributed by atoms with E-state index in [1.54, 1.807) is 12.1 Å². The number of rotatable bonds is 4. The molecule has 0 aliphatic heterocycles. The minimum atomic E-state index is -0.608. The van der Waals surface area contributed by atoms with E-state index in [1.165, 1.54) is 23.8 Å². The van der Waals surface area contributed by atoms with Gasteiger partial charge in [-0.1, -0.05) is 26.0 Å². The van der Waals surface area contributed by atoms with Crippen LogP contribution in [0.2, 0.25) is 0 Å². The first kappa shape index (κ1) is 15.5. The molecular formula is C16H17N3O3. The van der Waals surface area contributed by atoms with Crippen LogP contribution in [0.25, 0.3) is 0 Å². The fourth-order valence-corrected chi connectivity index (χ4v) is 2.00. The van der Waals surface area contributed by atoms with Crippen molar-refractivity contribution in [1.82, 2.24) is 0 Å². The van der Waals surface area contributed by atoms with Crippen molar-refractivity contribution < 1.29 is 9.72 Å². The molecule has 0 fully saturated rings. The van der Waals surface area contributed by atoms with E-state index in [2.05, 4.69) is 19.2 Å². The number of anilines is 2. The van der Waals surface area contributed by atoms with Crippen molar-refractivity contribution in [2.75, 3.05) is 11.1 Å². The van der Waals surface area contributed by atoms with E-state index >= 15 is 0 Å². The van der Waals surface area contributed by atoms with Gasteiger partial charge in [0.25, 0.3) is 11.6 Å². The van der Waals surface area contributed by atoms with E-state index in [0.717, 1.165) is 0 Å². The van der Waals surface area contributed by atoms with Crippen molar-refractivity contribution in [2.24, 2.45) is 0 Å². The van der Waals surface area contributed by atoms with Crippen molar-refractivity contribution in [3.05, 3.63) is 63.7 Å². The van der Waals surface area contributed by atoms with Crippen molar-refractivity contribution in [3.63, 3.8) is 0 Å². The Morgan fingerprint density at radius 3 is 2.36 bits per heavy atom. The number of nitrogen functional groups attached to an aromatic ring is 1. The second-order valence-electron chi connectivity index (χ2n) is 5.26. The van der Waals surface area contributed by atoms with Gasteiger partial charge in [0.05, 0.1) is 4.92 Å². The van der Waals surface area contributed by atoms with Gasteiger partial charge in [-0.15, -0.1) is 0 Å². The molecule has 114 valence electrons. The summed E-state index contributed by atoms with van der Waals surface area (Å²) in [6.45, 7) is 4.17. The Bertz CT molecular complexity index is 709. The summed E-state index contributed by atoms with van der Waals surface area (Å²) in [5, 5.41) is 13.6. The lowest BCUT2D eigenvalue weighted by Gasteiger charge is -2.08. The maximum atomic E-state index is 12.1. The Balaban J connectivity index is 2.18. The number of carbonyl (C=O) groups is 1. The van der Waals surface area contributed by atoms with Crippen LogP contribution < -0.4 is 11.1 Å². The standard InChI is InChI=1S/C16H17N3O3/c1-10(2)11-3-6-13(7-4-11)18-16(20)12-5-8-14(17)15(9-12)19(21)22/h3-10H,17H2,1-2H3,(H,18,20). The molecule has 0 saturated heterocycles. The summed E-state index contributed by atoms with van der Waals surface area (Å²) in [7, 11) is 0. The molecule has 2 rings (SSSR count). The Morgan fingerprint density at radius 2 is 1.82 bits per heavy atom. The van der Waals surface area contributed by atoms with Gasteiger partial charge in [0, 0.05) is 17.3 Å². The number of hydrogen-bond acceptors (Lipinski definition) is 4. The van der Waals surface area contributed by atoms with Crippen LogP contribution in [0, 0.1) is 10.1 Å². The molecule has 0 aromatic heterocycles. The van der Waals surface area contributed by atoms with Crippen LogP contribution in [0.1, 0.15) is 35.7 Å². The highest BCUT2D eigenvalue weighted by molar-refractivity contribution is 6.05. The third-order valence-corrected chi connectivity index (χ3v) is 3.32. The third-order valence-electron chi connectivity index (χ3n) is 3.32. The quantitative estimate of drug-likeness (QED) is 0.512. The first-order valence-corrected chi connectivity index (χ1v) is 6.83. The fraction of sp³-hybridized carbons (Fsp3) is 0.188. The molecule has 22 heavy (non-hydrogen) atoms. The fourth-order valence-electron chi connectivity index (χ4n) is 2.00. The predicted molar refractivity (Wildman–Crippen MR) is 86.0 cm³/mol. The van der Waals surface area contributed by atoms with E-state index in [9.17, 15) is 14.9 Å². The highest BCUT2D eigenvalue weighted by Gasteiger charge is 2.15. The van der Waals surface area contributed by atoms with E-state index in [1.807, 2.05) is 12.1 Å². The van der Waals surface area contributed by atoms with E-state index in [-0.39, 0.29) is 16.9 Å². The second kappa shape index (κ2) is 6.26. The van der Waals surface area contributed by atoms with E-state index in [4.69, 9.17) is 5.73 Å². The SMILES string of the molecule is CC(C)c1ccc(NC(=O)c2ccc(N)c([N+](=O)[O-])c2)cc1. The van der Waals surface area contributed by atoms with Crippen molar-refractivity contribution in [2.45, 2.75) is 19.8 Å². The average molecular weight is 299 g/mol. The monoisotopic (exact) mass is 299 g/mol. The molecule has 2 aromatic carbocycles. The van der Waals surface area contributed by atoms with Crippen LogP contribution in [0.5, 0.6) is 0 Å². The van der Waals surface area contributed by atoms with Gasteiger partial charge in [-0.2, -0.15) is 0 Å². The number of carbonyl (C=O) groups excluding carboxylic acids is 1. The van der Waals surface area contributed by atoms with Crippen LogP contribution in [-0.4, -0.2) is 10.8 Å². The van der Waals surface area contributed by atoms with Gasteiger partial charge in [-0.25, -0.2) is 0 Å². The third kappa shape index (κ3) is 3.41. The predicted octanol–water partition coefficient (Wildman–Crippen LogP) is 3.55. The molecule has 3 N–H and O–H groups in total. The molecule has 2 aromatic rings. The highest BCUT2D eigenvalue weighted by Crippen LogP contribution is 2.23. The number of benzene rings is 2. The summed E-state index contributed by atoms with van der Waals surface area (Å²) in [6, 6.07) is 11.5. The van der Waals surface area contributed by atoms with Crippen LogP contribution >= 0.6 is 0 Å². The molecule has 0 aliphatic rings. The van der Waals surface area contributed by atoms with Crippen LogP contribution in [0.15, 0.2) is 42.5 Å². The Labute approximate surface area is 128 Å². The van der Waals surface area contributed by atoms with Crippen LogP contribution in [0.4, 0.5) is 17.1 Å². The lowest BCUT2D eigenvalue weighted by molar-refractivity contribution is -0.383. The van der Waals surface area contributed by atoms with Gasteiger partial charge < -0.3 is 11.1 Å². The molecule has 0 aliphatic carbocycles. The first-order chi connectivity index (χ1) is 10.4. The number of nitrogens with two attached hydrogens (primary N) is 1. The van der Waals surface area contributed by atoms with Crippen molar-refractivity contribution >= 4 is 23.0 Å². The van der Waals surface area contributed by atoms with Gasteiger partial charge in [-0.05, 0) is 35.7 Å². The van der Waals surface area contributed by atoms with Crippen molar-refractivity contribution in [1.29, 1.82) is 0 Å². The molecular weight excluding hydrogens is 282 g/mol. The lowest BCUT2D eigenvalue weighted by Crippen LogP contribution is -2.12.